The monoisotopic (exact) mass is 188 g/mol. The smallest absolute Gasteiger partial charge is 0.0644 e. The Morgan fingerprint density at radius 1 is 1.50 bits per heavy atom. The third-order valence-electron chi connectivity index (χ3n) is 2.00. The average molecular weight is 188 g/mol. The van der Waals surface area contributed by atoms with Gasteiger partial charge in [0.1, 0.15) is 0 Å². The van der Waals surface area contributed by atoms with Crippen molar-refractivity contribution in [2.75, 3.05) is 19.0 Å². The van der Waals surface area contributed by atoms with Crippen LogP contribution in [0.1, 0.15) is 20.8 Å². The van der Waals surface area contributed by atoms with Gasteiger partial charge in [-0.2, -0.15) is 12.6 Å². The zero-order chi connectivity index (χ0) is 9.61. The first-order chi connectivity index (χ1) is 5.52. The Morgan fingerprint density at radius 2 is 2.08 bits per heavy atom. The number of rotatable bonds is 5. The van der Waals surface area contributed by atoms with Crippen LogP contribution in [0.2, 0.25) is 0 Å². The molecule has 0 amide bonds. The summed E-state index contributed by atoms with van der Waals surface area (Å²) in [7, 11) is 0. The van der Waals surface area contributed by atoms with Gasteiger partial charge in [-0.3, -0.25) is 0 Å². The zero-order valence-corrected chi connectivity index (χ0v) is 9.23. The Bertz CT molecular complexity index is 126. The van der Waals surface area contributed by atoms with E-state index in [2.05, 4.69) is 40.0 Å². The lowest BCUT2D eigenvalue weighted by Crippen LogP contribution is -2.26. The number of hydrogen-bond donors (Lipinski definition) is 1. The van der Waals surface area contributed by atoms with E-state index in [1.54, 1.807) is 6.08 Å². The molecule has 0 aromatic rings. The van der Waals surface area contributed by atoms with E-state index in [0.717, 1.165) is 12.4 Å². The second-order valence-corrected chi connectivity index (χ2v) is 4.44. The van der Waals surface area contributed by atoms with Crippen LogP contribution in [0, 0.1) is 11.3 Å². The van der Waals surface area contributed by atoms with Gasteiger partial charge in [0.15, 0.2) is 0 Å². The molecule has 0 heterocycles. The summed E-state index contributed by atoms with van der Waals surface area (Å²) in [5.74, 6) is 1.39. The van der Waals surface area contributed by atoms with E-state index in [1.807, 2.05) is 0 Å². The summed E-state index contributed by atoms with van der Waals surface area (Å²) < 4.78 is 5.40. The Balaban J connectivity index is 3.75. The third kappa shape index (κ3) is 4.83. The zero-order valence-electron chi connectivity index (χ0n) is 8.34. The molecule has 0 aliphatic heterocycles. The van der Waals surface area contributed by atoms with Crippen LogP contribution in [-0.2, 0) is 4.74 Å². The second kappa shape index (κ2) is 5.65. The molecule has 0 aromatic carbocycles. The fraction of sp³-hybridized carbons (Fsp3) is 0.800. The van der Waals surface area contributed by atoms with Gasteiger partial charge in [-0.05, 0) is 17.1 Å². The summed E-state index contributed by atoms with van der Waals surface area (Å²) in [5, 5.41) is 0. The standard InChI is InChI=1S/C10H20OS/c1-5-6-11-7-9(8-12)10(2,3)4/h5,9,12H,1,6-8H2,2-4H3. The molecular formula is C10H20OS. The predicted molar refractivity (Wildman–Crippen MR) is 57.8 cm³/mol. The first kappa shape index (κ1) is 12.0. The molecular weight excluding hydrogens is 168 g/mol. The van der Waals surface area contributed by atoms with E-state index in [-0.39, 0.29) is 5.41 Å². The maximum absolute atomic E-state index is 5.40. The Hall–Kier alpha value is 0.0500. The third-order valence-corrected chi connectivity index (χ3v) is 2.44. The van der Waals surface area contributed by atoms with Crippen molar-refractivity contribution in [3.05, 3.63) is 12.7 Å². The maximum atomic E-state index is 5.40. The molecule has 0 radical (unpaired) electrons. The van der Waals surface area contributed by atoms with E-state index >= 15 is 0 Å². The fourth-order valence-electron chi connectivity index (χ4n) is 0.870. The van der Waals surface area contributed by atoms with Crippen molar-refractivity contribution in [1.29, 1.82) is 0 Å². The van der Waals surface area contributed by atoms with Gasteiger partial charge in [-0.25, -0.2) is 0 Å². The van der Waals surface area contributed by atoms with Crippen molar-refractivity contribution in [2.45, 2.75) is 20.8 Å². The van der Waals surface area contributed by atoms with Crippen molar-refractivity contribution < 1.29 is 4.74 Å². The van der Waals surface area contributed by atoms with Crippen molar-refractivity contribution >= 4 is 12.6 Å². The van der Waals surface area contributed by atoms with Crippen molar-refractivity contribution in [1.82, 2.24) is 0 Å². The van der Waals surface area contributed by atoms with Gasteiger partial charge in [-0.15, -0.1) is 6.58 Å². The highest BCUT2D eigenvalue weighted by atomic mass is 32.1. The van der Waals surface area contributed by atoms with Crippen LogP contribution in [0.25, 0.3) is 0 Å². The van der Waals surface area contributed by atoms with E-state index in [4.69, 9.17) is 4.74 Å². The SMILES string of the molecule is C=CCOCC(CS)C(C)(C)C. The van der Waals surface area contributed by atoms with Crippen molar-refractivity contribution in [3.63, 3.8) is 0 Å². The molecule has 0 rings (SSSR count). The normalized spacial score (nSPS) is 14.3. The minimum Gasteiger partial charge on any atom is -0.377 e. The van der Waals surface area contributed by atoms with Crippen molar-refractivity contribution in [3.8, 4) is 0 Å². The summed E-state index contributed by atoms with van der Waals surface area (Å²) in [4.78, 5) is 0. The number of thiol groups is 1. The molecule has 0 saturated heterocycles. The highest BCUT2D eigenvalue weighted by Gasteiger charge is 2.22. The van der Waals surface area contributed by atoms with E-state index in [9.17, 15) is 0 Å². The largest absolute Gasteiger partial charge is 0.377 e. The topological polar surface area (TPSA) is 9.23 Å². The molecule has 0 bridgehead atoms. The molecule has 1 unspecified atom stereocenters. The molecule has 72 valence electrons. The highest BCUT2D eigenvalue weighted by Crippen LogP contribution is 2.26. The fourth-order valence-corrected chi connectivity index (χ4v) is 1.52. The lowest BCUT2D eigenvalue weighted by molar-refractivity contribution is 0.0834. The lowest BCUT2D eigenvalue weighted by Gasteiger charge is -2.28. The molecule has 0 aliphatic rings. The number of hydrogen-bond acceptors (Lipinski definition) is 2. The summed E-state index contributed by atoms with van der Waals surface area (Å²) >= 11 is 4.31. The lowest BCUT2D eigenvalue weighted by atomic mass is 9.82. The van der Waals surface area contributed by atoms with Gasteiger partial charge in [0.2, 0.25) is 0 Å². The molecule has 0 spiro atoms. The summed E-state index contributed by atoms with van der Waals surface area (Å²) in [5.41, 5.74) is 0.281. The Kier molecular flexibility index (Phi) is 5.68. The molecule has 0 saturated carbocycles. The summed E-state index contributed by atoms with van der Waals surface area (Å²) in [6, 6.07) is 0. The van der Waals surface area contributed by atoms with Crippen LogP contribution >= 0.6 is 12.6 Å². The minimum atomic E-state index is 0.281. The van der Waals surface area contributed by atoms with E-state index in [0.29, 0.717) is 12.5 Å². The van der Waals surface area contributed by atoms with Crippen LogP contribution in [0.3, 0.4) is 0 Å². The van der Waals surface area contributed by atoms with Gasteiger partial charge in [0.05, 0.1) is 13.2 Å². The molecule has 0 fully saturated rings. The second-order valence-electron chi connectivity index (χ2n) is 4.07. The molecule has 0 N–H and O–H groups in total. The van der Waals surface area contributed by atoms with E-state index in [1.165, 1.54) is 0 Å². The minimum absolute atomic E-state index is 0.281. The van der Waals surface area contributed by atoms with Crippen LogP contribution in [0.5, 0.6) is 0 Å². The van der Waals surface area contributed by atoms with Gasteiger partial charge in [-0.1, -0.05) is 26.8 Å². The van der Waals surface area contributed by atoms with Crippen LogP contribution in [0.4, 0.5) is 0 Å². The molecule has 1 atom stereocenters. The van der Waals surface area contributed by atoms with Crippen LogP contribution in [-0.4, -0.2) is 19.0 Å². The Morgan fingerprint density at radius 3 is 2.42 bits per heavy atom. The quantitative estimate of drug-likeness (QED) is 0.396. The van der Waals surface area contributed by atoms with Crippen LogP contribution in [0.15, 0.2) is 12.7 Å². The van der Waals surface area contributed by atoms with Gasteiger partial charge in [0.25, 0.3) is 0 Å². The molecule has 2 heteroatoms. The summed E-state index contributed by atoms with van der Waals surface area (Å²) in [6.45, 7) is 11.7. The van der Waals surface area contributed by atoms with Crippen molar-refractivity contribution in [2.24, 2.45) is 11.3 Å². The van der Waals surface area contributed by atoms with E-state index < -0.39 is 0 Å². The van der Waals surface area contributed by atoms with Gasteiger partial charge < -0.3 is 4.74 Å². The molecule has 0 aliphatic carbocycles. The maximum Gasteiger partial charge on any atom is 0.0644 e. The van der Waals surface area contributed by atoms with Crippen LogP contribution < -0.4 is 0 Å². The molecule has 12 heavy (non-hydrogen) atoms. The van der Waals surface area contributed by atoms with Gasteiger partial charge in [0, 0.05) is 0 Å². The van der Waals surface area contributed by atoms with Gasteiger partial charge >= 0.3 is 0 Å². The first-order valence-corrected chi connectivity index (χ1v) is 4.95. The molecule has 0 aromatic heterocycles. The highest BCUT2D eigenvalue weighted by molar-refractivity contribution is 7.80. The predicted octanol–water partition coefficient (Wildman–Crippen LogP) is 2.78. The number of ether oxygens (including phenoxy) is 1. The average Bonchev–Trinajstić information content (AvgIpc) is 1.95. The summed E-state index contributed by atoms with van der Waals surface area (Å²) in [6.07, 6.45) is 1.78. The first-order valence-electron chi connectivity index (χ1n) is 4.32. The molecule has 1 nitrogen and oxygen atoms in total. The Labute approximate surface area is 81.6 Å².